The molecule has 0 saturated carbocycles. The van der Waals surface area contributed by atoms with E-state index in [1.165, 1.54) is 0 Å². The first-order valence-electron chi connectivity index (χ1n) is 5.97. The van der Waals surface area contributed by atoms with Crippen LogP contribution in [0.2, 0.25) is 0 Å². The molecule has 1 aliphatic heterocycles. The van der Waals surface area contributed by atoms with Crippen LogP contribution in [0.4, 0.5) is 5.69 Å². The fourth-order valence-corrected chi connectivity index (χ4v) is 1.92. The van der Waals surface area contributed by atoms with E-state index in [2.05, 4.69) is 15.5 Å². The van der Waals surface area contributed by atoms with Crippen molar-refractivity contribution in [2.45, 2.75) is 19.8 Å². The molecule has 1 aromatic rings. The highest BCUT2D eigenvalue weighted by molar-refractivity contribution is 6.06. The Balaban J connectivity index is 2.19. The van der Waals surface area contributed by atoms with Gasteiger partial charge < -0.3 is 10.6 Å². The molecule has 1 fully saturated rings. The molecule has 4 N–H and O–H groups in total. The largest absolute Gasteiger partial charge is 0.395 e. The average molecular weight is 265 g/mol. The second-order valence-electron chi connectivity index (χ2n) is 4.35. The molecule has 0 unspecified atom stereocenters. The van der Waals surface area contributed by atoms with E-state index in [9.17, 15) is 14.4 Å². The third-order valence-electron chi connectivity index (χ3n) is 2.82. The van der Waals surface area contributed by atoms with Crippen LogP contribution in [0.25, 0.3) is 0 Å². The Morgan fingerprint density at radius 2 is 2.00 bits per heavy atom. The minimum Gasteiger partial charge on any atom is -0.395 e. The fourth-order valence-electron chi connectivity index (χ4n) is 1.92. The Labute approximate surface area is 109 Å². The number of aromatic amines is 1. The van der Waals surface area contributed by atoms with Gasteiger partial charge in [-0.05, 0) is 6.42 Å². The van der Waals surface area contributed by atoms with Crippen molar-refractivity contribution < 1.29 is 14.4 Å². The lowest BCUT2D eigenvalue weighted by Gasteiger charge is -2.24. The number of H-pyrrole nitrogens is 1. The Hall–Kier alpha value is -2.38. The minimum atomic E-state index is -0.515. The van der Waals surface area contributed by atoms with E-state index in [1.54, 1.807) is 0 Å². The molecule has 2 heterocycles. The van der Waals surface area contributed by atoms with Crippen LogP contribution >= 0.6 is 0 Å². The number of anilines is 1. The summed E-state index contributed by atoms with van der Waals surface area (Å²) in [6, 6.07) is 0. The average Bonchev–Trinajstić information content (AvgIpc) is 2.70. The molecule has 8 nitrogen and oxygen atoms in total. The summed E-state index contributed by atoms with van der Waals surface area (Å²) in [5.41, 5.74) is 6.88. The third kappa shape index (κ3) is 2.56. The number of piperazine rings is 1. The summed E-state index contributed by atoms with van der Waals surface area (Å²) in [4.78, 5) is 35.7. The van der Waals surface area contributed by atoms with Crippen LogP contribution in [0.15, 0.2) is 0 Å². The molecule has 0 aromatic carbocycles. The Bertz CT molecular complexity index is 520. The molecule has 102 valence electrons. The number of hydrogen-bond donors (Lipinski definition) is 3. The molecule has 2 rings (SSSR count). The van der Waals surface area contributed by atoms with Crippen molar-refractivity contribution in [1.82, 2.24) is 20.4 Å². The SMILES string of the molecule is CCCc1[nH]nc(C(=O)N2CC(=O)NC(=O)C2)c1N. The summed E-state index contributed by atoms with van der Waals surface area (Å²) in [6.07, 6.45) is 1.55. The molecule has 0 spiro atoms. The molecule has 1 aliphatic rings. The van der Waals surface area contributed by atoms with Gasteiger partial charge in [0.15, 0.2) is 5.69 Å². The predicted molar refractivity (Wildman–Crippen MR) is 66.0 cm³/mol. The maximum Gasteiger partial charge on any atom is 0.277 e. The van der Waals surface area contributed by atoms with Crippen LogP contribution in [0.3, 0.4) is 0 Å². The number of amides is 3. The van der Waals surface area contributed by atoms with Gasteiger partial charge in [0.1, 0.15) is 13.1 Å². The van der Waals surface area contributed by atoms with Crippen LogP contribution in [0.5, 0.6) is 0 Å². The number of nitrogens with two attached hydrogens (primary N) is 1. The van der Waals surface area contributed by atoms with Gasteiger partial charge in [0.25, 0.3) is 5.91 Å². The Morgan fingerprint density at radius 3 is 2.58 bits per heavy atom. The Kier molecular flexibility index (Phi) is 3.50. The van der Waals surface area contributed by atoms with Crippen LogP contribution in [-0.2, 0) is 16.0 Å². The van der Waals surface area contributed by atoms with E-state index in [-0.39, 0.29) is 24.5 Å². The van der Waals surface area contributed by atoms with Gasteiger partial charge in [-0.3, -0.25) is 24.8 Å². The van der Waals surface area contributed by atoms with E-state index in [1.807, 2.05) is 6.92 Å². The summed E-state index contributed by atoms with van der Waals surface area (Å²) in [5.74, 6) is -1.53. The standard InChI is InChI=1S/C11H15N5O3/c1-2-3-6-9(12)10(15-14-6)11(19)16-4-7(17)13-8(18)5-16/h2-5,12H2,1H3,(H,14,15)(H,13,17,18). The molecule has 0 atom stereocenters. The van der Waals surface area contributed by atoms with Gasteiger partial charge in [-0.1, -0.05) is 13.3 Å². The summed E-state index contributed by atoms with van der Waals surface area (Å²) < 4.78 is 0. The number of hydrogen-bond acceptors (Lipinski definition) is 5. The number of aromatic nitrogens is 2. The van der Waals surface area contributed by atoms with Gasteiger partial charge in [0, 0.05) is 0 Å². The number of carbonyl (C=O) groups excluding carboxylic acids is 3. The van der Waals surface area contributed by atoms with Gasteiger partial charge in [-0.25, -0.2) is 0 Å². The number of nitrogen functional groups attached to an aromatic ring is 1. The summed E-state index contributed by atoms with van der Waals surface area (Å²) in [6.45, 7) is 1.65. The van der Waals surface area contributed by atoms with Crippen molar-refractivity contribution in [3.05, 3.63) is 11.4 Å². The highest BCUT2D eigenvalue weighted by Gasteiger charge is 2.30. The molecule has 0 radical (unpaired) electrons. The van der Waals surface area contributed by atoms with Crippen molar-refractivity contribution in [1.29, 1.82) is 0 Å². The lowest BCUT2D eigenvalue weighted by molar-refractivity contribution is -0.135. The molecular weight excluding hydrogens is 250 g/mol. The number of rotatable bonds is 3. The molecular formula is C11H15N5O3. The lowest BCUT2D eigenvalue weighted by atomic mass is 10.2. The zero-order valence-electron chi connectivity index (χ0n) is 10.5. The number of carbonyl (C=O) groups is 3. The van der Waals surface area contributed by atoms with Gasteiger partial charge in [-0.2, -0.15) is 5.10 Å². The first-order chi connectivity index (χ1) is 9.02. The van der Waals surface area contributed by atoms with E-state index >= 15 is 0 Å². The number of aryl methyl sites for hydroxylation is 1. The highest BCUT2D eigenvalue weighted by Crippen LogP contribution is 2.17. The van der Waals surface area contributed by atoms with E-state index < -0.39 is 17.7 Å². The van der Waals surface area contributed by atoms with E-state index in [4.69, 9.17) is 5.73 Å². The molecule has 3 amide bonds. The number of imide groups is 1. The summed E-state index contributed by atoms with van der Waals surface area (Å²) >= 11 is 0. The second kappa shape index (κ2) is 5.09. The first kappa shape index (κ1) is 13.1. The molecule has 19 heavy (non-hydrogen) atoms. The van der Waals surface area contributed by atoms with E-state index in [0.29, 0.717) is 12.1 Å². The quantitative estimate of drug-likeness (QED) is 0.608. The fraction of sp³-hybridized carbons (Fsp3) is 0.455. The number of nitrogens with zero attached hydrogens (tertiary/aromatic N) is 2. The van der Waals surface area contributed by atoms with Crippen molar-refractivity contribution >= 4 is 23.4 Å². The van der Waals surface area contributed by atoms with Crippen molar-refractivity contribution in [2.75, 3.05) is 18.8 Å². The number of nitrogens with one attached hydrogen (secondary N) is 2. The molecule has 1 aromatic heterocycles. The zero-order valence-corrected chi connectivity index (χ0v) is 10.5. The lowest BCUT2D eigenvalue weighted by Crippen LogP contribution is -2.53. The first-order valence-corrected chi connectivity index (χ1v) is 5.97. The monoisotopic (exact) mass is 265 g/mol. The van der Waals surface area contributed by atoms with Gasteiger partial charge in [0.2, 0.25) is 11.8 Å². The molecule has 8 heteroatoms. The topological polar surface area (TPSA) is 121 Å². The smallest absolute Gasteiger partial charge is 0.277 e. The normalized spacial score (nSPS) is 15.5. The van der Waals surface area contributed by atoms with Crippen molar-refractivity contribution in [3.63, 3.8) is 0 Å². The highest BCUT2D eigenvalue weighted by atomic mass is 16.2. The second-order valence-corrected chi connectivity index (χ2v) is 4.35. The van der Waals surface area contributed by atoms with E-state index in [0.717, 1.165) is 11.3 Å². The molecule has 0 aliphatic carbocycles. The molecule has 1 saturated heterocycles. The van der Waals surface area contributed by atoms with Crippen LogP contribution < -0.4 is 11.1 Å². The Morgan fingerprint density at radius 1 is 1.37 bits per heavy atom. The van der Waals surface area contributed by atoms with Gasteiger partial charge in [0.05, 0.1) is 11.4 Å². The molecule has 0 bridgehead atoms. The van der Waals surface area contributed by atoms with Crippen LogP contribution in [-0.4, -0.2) is 45.9 Å². The van der Waals surface area contributed by atoms with Gasteiger partial charge >= 0.3 is 0 Å². The third-order valence-corrected chi connectivity index (χ3v) is 2.82. The zero-order chi connectivity index (χ0) is 14.0. The van der Waals surface area contributed by atoms with Crippen LogP contribution in [0, 0.1) is 0 Å². The van der Waals surface area contributed by atoms with Crippen molar-refractivity contribution in [3.8, 4) is 0 Å². The predicted octanol–water partition coefficient (Wildman–Crippen LogP) is -0.957. The van der Waals surface area contributed by atoms with Crippen LogP contribution in [0.1, 0.15) is 29.5 Å². The maximum atomic E-state index is 12.2. The maximum absolute atomic E-state index is 12.2. The summed E-state index contributed by atoms with van der Waals surface area (Å²) in [5, 5.41) is 8.71. The van der Waals surface area contributed by atoms with Gasteiger partial charge in [-0.15, -0.1) is 0 Å². The summed E-state index contributed by atoms with van der Waals surface area (Å²) in [7, 11) is 0. The van der Waals surface area contributed by atoms with Crippen molar-refractivity contribution in [2.24, 2.45) is 0 Å². The minimum absolute atomic E-state index is 0.0611.